The van der Waals surface area contributed by atoms with Gasteiger partial charge in [0.1, 0.15) is 18.2 Å². The molecule has 0 aliphatic carbocycles. The molecule has 0 saturated carbocycles. The van der Waals surface area contributed by atoms with Crippen LogP contribution in [0.2, 0.25) is 0 Å². The van der Waals surface area contributed by atoms with Crippen molar-refractivity contribution in [2.45, 2.75) is 18.7 Å². The number of nitrogens with zero attached hydrogens (tertiary/aromatic N) is 3. The zero-order chi connectivity index (χ0) is 22.2. The molecule has 0 aliphatic rings. The van der Waals surface area contributed by atoms with Crippen LogP contribution in [-0.2, 0) is 11.4 Å². The number of carbonyl (C=O) groups is 1. The predicted octanol–water partition coefficient (Wildman–Crippen LogP) is 4.70. The summed E-state index contributed by atoms with van der Waals surface area (Å²) in [4.78, 5) is 16.6. The summed E-state index contributed by atoms with van der Waals surface area (Å²) < 4.78 is 15.4. The van der Waals surface area contributed by atoms with Gasteiger partial charge in [0.2, 0.25) is 10.3 Å². The van der Waals surface area contributed by atoms with Crippen LogP contribution >= 0.6 is 23.3 Å². The van der Waals surface area contributed by atoms with Crippen LogP contribution in [0.3, 0.4) is 0 Å². The van der Waals surface area contributed by atoms with Crippen molar-refractivity contribution < 1.29 is 14.3 Å². The lowest BCUT2D eigenvalue weighted by atomic mass is 10.1. The van der Waals surface area contributed by atoms with E-state index in [1.54, 1.807) is 25.3 Å². The third-order valence-corrected chi connectivity index (χ3v) is 5.61. The van der Waals surface area contributed by atoms with Gasteiger partial charge in [-0.3, -0.25) is 10.1 Å². The van der Waals surface area contributed by atoms with Crippen LogP contribution in [0.5, 0.6) is 11.5 Å². The molecule has 0 unspecified atom stereocenters. The van der Waals surface area contributed by atoms with E-state index in [-0.39, 0.29) is 5.57 Å². The summed E-state index contributed by atoms with van der Waals surface area (Å²) in [7, 11) is 1.54. The third-order valence-electron chi connectivity index (χ3n) is 4.32. The van der Waals surface area contributed by atoms with E-state index in [1.165, 1.54) is 17.8 Å². The van der Waals surface area contributed by atoms with Crippen molar-refractivity contribution in [3.63, 3.8) is 0 Å². The molecular weight excluding hydrogens is 432 g/mol. The van der Waals surface area contributed by atoms with Crippen LogP contribution in [0.1, 0.15) is 16.7 Å². The Morgan fingerprint density at radius 3 is 2.77 bits per heavy atom. The molecule has 158 valence electrons. The number of carbonyl (C=O) groups excluding carboxylic acids is 1. The SMILES string of the molecule is COc1cc(/C=C(/C#N)C(=O)Nc2nc(SC)ns2)ccc1OCc1ccccc1C. The fraction of sp³-hybridized carbons (Fsp3) is 0.182. The topological polar surface area (TPSA) is 97.1 Å². The summed E-state index contributed by atoms with van der Waals surface area (Å²) in [6.45, 7) is 2.44. The minimum absolute atomic E-state index is 0.0588. The van der Waals surface area contributed by atoms with Crippen molar-refractivity contribution in [2.24, 2.45) is 0 Å². The Balaban J connectivity index is 1.75. The second-order valence-corrected chi connectivity index (χ2v) is 7.86. The van der Waals surface area contributed by atoms with Gasteiger partial charge in [0.05, 0.1) is 7.11 Å². The minimum Gasteiger partial charge on any atom is -0.493 e. The largest absolute Gasteiger partial charge is 0.493 e. The molecule has 0 radical (unpaired) electrons. The molecule has 31 heavy (non-hydrogen) atoms. The number of aryl methyl sites for hydroxylation is 1. The number of ether oxygens (including phenoxy) is 2. The summed E-state index contributed by atoms with van der Waals surface area (Å²) in [5, 5.41) is 12.9. The quantitative estimate of drug-likeness (QED) is 0.300. The van der Waals surface area contributed by atoms with E-state index >= 15 is 0 Å². The Kier molecular flexibility index (Phi) is 7.65. The molecule has 0 saturated heterocycles. The van der Waals surface area contributed by atoms with Gasteiger partial charge in [-0.05, 0) is 48.1 Å². The first kappa shape index (κ1) is 22.3. The number of nitrogens with one attached hydrogen (secondary N) is 1. The molecule has 0 bridgehead atoms. The fourth-order valence-electron chi connectivity index (χ4n) is 2.64. The van der Waals surface area contributed by atoms with Crippen LogP contribution in [0.15, 0.2) is 53.2 Å². The highest BCUT2D eigenvalue weighted by atomic mass is 32.2. The normalized spacial score (nSPS) is 11.0. The molecule has 3 aromatic rings. The number of anilines is 1. The first-order chi connectivity index (χ1) is 15.0. The van der Waals surface area contributed by atoms with Crippen LogP contribution in [0, 0.1) is 18.3 Å². The average Bonchev–Trinajstić information content (AvgIpc) is 3.24. The lowest BCUT2D eigenvalue weighted by molar-refractivity contribution is -0.112. The van der Waals surface area contributed by atoms with E-state index in [1.807, 2.05) is 43.5 Å². The van der Waals surface area contributed by atoms with Crippen LogP contribution in [-0.4, -0.2) is 28.6 Å². The van der Waals surface area contributed by atoms with Crippen LogP contribution < -0.4 is 14.8 Å². The van der Waals surface area contributed by atoms with Gasteiger partial charge in [-0.15, -0.1) is 0 Å². The second-order valence-electron chi connectivity index (χ2n) is 6.34. The highest BCUT2D eigenvalue weighted by Gasteiger charge is 2.14. The van der Waals surface area contributed by atoms with E-state index < -0.39 is 5.91 Å². The molecule has 1 N–H and O–H groups in total. The smallest absolute Gasteiger partial charge is 0.268 e. The van der Waals surface area contributed by atoms with Crippen LogP contribution in [0.25, 0.3) is 6.08 Å². The Morgan fingerprint density at radius 1 is 1.29 bits per heavy atom. The molecule has 1 heterocycles. The van der Waals surface area contributed by atoms with E-state index in [2.05, 4.69) is 14.7 Å². The molecular formula is C22H20N4O3S2. The number of benzene rings is 2. The maximum atomic E-state index is 12.4. The lowest BCUT2D eigenvalue weighted by Gasteiger charge is -2.12. The number of nitriles is 1. The summed E-state index contributed by atoms with van der Waals surface area (Å²) >= 11 is 2.44. The molecule has 1 amide bonds. The second kappa shape index (κ2) is 10.6. The van der Waals surface area contributed by atoms with Crippen molar-refractivity contribution in [2.75, 3.05) is 18.7 Å². The molecule has 1 aromatic heterocycles. The van der Waals surface area contributed by atoms with Crippen molar-refractivity contribution in [1.29, 1.82) is 5.26 Å². The Labute approximate surface area is 188 Å². The monoisotopic (exact) mass is 452 g/mol. The number of thioether (sulfide) groups is 1. The summed E-state index contributed by atoms with van der Waals surface area (Å²) in [6.07, 6.45) is 3.33. The molecule has 7 nitrogen and oxygen atoms in total. The van der Waals surface area contributed by atoms with Gasteiger partial charge in [-0.1, -0.05) is 42.1 Å². The highest BCUT2D eigenvalue weighted by molar-refractivity contribution is 7.98. The van der Waals surface area contributed by atoms with Gasteiger partial charge in [-0.2, -0.15) is 14.6 Å². The van der Waals surface area contributed by atoms with Gasteiger partial charge in [0, 0.05) is 11.5 Å². The van der Waals surface area contributed by atoms with Crippen molar-refractivity contribution in [3.8, 4) is 17.6 Å². The first-order valence-corrected chi connectivity index (χ1v) is 11.2. The minimum atomic E-state index is -0.551. The first-order valence-electron chi connectivity index (χ1n) is 9.20. The molecule has 0 atom stereocenters. The number of methoxy groups -OCH3 is 1. The Bertz CT molecular complexity index is 1150. The molecule has 0 spiro atoms. The molecule has 0 aliphatic heterocycles. The van der Waals surface area contributed by atoms with E-state index in [0.29, 0.717) is 34.0 Å². The van der Waals surface area contributed by atoms with Crippen molar-refractivity contribution >= 4 is 40.4 Å². The van der Waals surface area contributed by atoms with Gasteiger partial charge in [0.15, 0.2) is 11.5 Å². The highest BCUT2D eigenvalue weighted by Crippen LogP contribution is 2.30. The van der Waals surface area contributed by atoms with Crippen molar-refractivity contribution in [3.05, 3.63) is 64.7 Å². The Morgan fingerprint density at radius 2 is 2.10 bits per heavy atom. The molecule has 9 heteroatoms. The molecule has 0 fully saturated rings. The van der Waals surface area contributed by atoms with Gasteiger partial charge >= 0.3 is 0 Å². The van der Waals surface area contributed by atoms with E-state index in [4.69, 9.17) is 9.47 Å². The maximum Gasteiger partial charge on any atom is 0.268 e. The fourth-order valence-corrected chi connectivity index (χ4v) is 3.77. The Hall–Kier alpha value is -3.35. The maximum absolute atomic E-state index is 12.4. The molecule has 2 aromatic carbocycles. The summed E-state index contributed by atoms with van der Waals surface area (Å²) in [6, 6.07) is 15.1. The van der Waals surface area contributed by atoms with E-state index in [9.17, 15) is 10.1 Å². The standard InChI is InChI=1S/C22H20N4O3S2/c1-14-6-4-5-7-16(14)13-29-18-9-8-15(11-19(18)28-2)10-17(12-23)20(27)24-21-25-22(30-3)26-31-21/h4-11H,13H2,1-3H3,(H,24,25,26,27)/b17-10-. The number of hydrogen-bond donors (Lipinski definition) is 1. The lowest BCUT2D eigenvalue weighted by Crippen LogP contribution is -2.13. The number of rotatable bonds is 8. The van der Waals surface area contributed by atoms with Crippen molar-refractivity contribution in [1.82, 2.24) is 9.36 Å². The van der Waals surface area contributed by atoms with Gasteiger partial charge < -0.3 is 9.47 Å². The molecule has 3 rings (SSSR count). The number of aromatic nitrogens is 2. The van der Waals surface area contributed by atoms with Crippen LogP contribution in [0.4, 0.5) is 5.13 Å². The number of hydrogen-bond acceptors (Lipinski definition) is 8. The zero-order valence-corrected chi connectivity index (χ0v) is 18.8. The van der Waals surface area contributed by atoms with Gasteiger partial charge in [-0.25, -0.2) is 0 Å². The predicted molar refractivity (Wildman–Crippen MR) is 122 cm³/mol. The number of amides is 1. The summed E-state index contributed by atoms with van der Waals surface area (Å²) in [5.74, 6) is 0.531. The van der Waals surface area contributed by atoms with E-state index in [0.717, 1.165) is 22.7 Å². The average molecular weight is 453 g/mol. The van der Waals surface area contributed by atoms with Gasteiger partial charge in [0.25, 0.3) is 5.91 Å². The third kappa shape index (κ3) is 5.84. The summed E-state index contributed by atoms with van der Waals surface area (Å²) in [5.41, 5.74) is 2.80. The zero-order valence-electron chi connectivity index (χ0n) is 17.2.